The molecule has 0 radical (unpaired) electrons. The summed E-state index contributed by atoms with van der Waals surface area (Å²) in [6.45, 7) is 4.38. The second-order valence-corrected chi connectivity index (χ2v) is 6.26. The Labute approximate surface area is 114 Å². The van der Waals surface area contributed by atoms with Crippen molar-refractivity contribution in [3.05, 3.63) is 35.4 Å². The van der Waals surface area contributed by atoms with Gasteiger partial charge in [-0.2, -0.15) is 4.31 Å². The van der Waals surface area contributed by atoms with Crippen molar-refractivity contribution in [1.82, 2.24) is 4.31 Å². The summed E-state index contributed by atoms with van der Waals surface area (Å²) < 4.78 is 24.6. The van der Waals surface area contributed by atoms with Crippen LogP contribution in [0, 0.1) is 6.92 Å². The Hall–Kier alpha value is -1.40. The Kier molecular flexibility index (Phi) is 5.50. The predicted octanol–water partition coefficient (Wildman–Crippen LogP) is 1.63. The zero-order valence-corrected chi connectivity index (χ0v) is 12.6. The van der Waals surface area contributed by atoms with E-state index in [2.05, 4.69) is 5.16 Å². The number of benzene rings is 1. The van der Waals surface area contributed by atoms with Crippen LogP contribution in [0.25, 0.3) is 0 Å². The molecule has 1 aromatic rings. The van der Waals surface area contributed by atoms with Crippen LogP contribution < -0.4 is 0 Å². The Bertz CT molecular complexity index is 536. The van der Waals surface area contributed by atoms with Crippen LogP contribution in [0.5, 0.6) is 0 Å². The second-order valence-electron chi connectivity index (χ2n) is 4.28. The molecule has 1 rings (SSSR count). The van der Waals surface area contributed by atoms with Gasteiger partial charge < -0.3 is 4.84 Å². The molecule has 6 heteroatoms. The van der Waals surface area contributed by atoms with E-state index in [0.717, 1.165) is 11.1 Å². The number of rotatable bonds is 6. The second kappa shape index (κ2) is 6.68. The highest BCUT2D eigenvalue weighted by atomic mass is 32.2. The Morgan fingerprint density at radius 3 is 2.32 bits per heavy atom. The van der Waals surface area contributed by atoms with Gasteiger partial charge in [0.1, 0.15) is 12.8 Å². The summed E-state index contributed by atoms with van der Waals surface area (Å²) in [5.74, 6) is 0. The molecule has 0 N–H and O–H groups in total. The molecule has 1 aromatic carbocycles. The molecule has 106 valence electrons. The van der Waals surface area contributed by atoms with E-state index in [4.69, 9.17) is 4.84 Å². The van der Waals surface area contributed by atoms with Gasteiger partial charge >= 0.3 is 0 Å². The van der Waals surface area contributed by atoms with Crippen molar-refractivity contribution in [3.8, 4) is 0 Å². The van der Waals surface area contributed by atoms with Gasteiger partial charge in [-0.05, 0) is 6.92 Å². The molecule has 0 aliphatic rings. The van der Waals surface area contributed by atoms with Crippen LogP contribution in [-0.2, 0) is 14.9 Å². The number of oxime groups is 1. The summed E-state index contributed by atoms with van der Waals surface area (Å²) in [5.41, 5.74) is 2.58. The first-order chi connectivity index (χ1) is 8.88. The molecule has 19 heavy (non-hydrogen) atoms. The summed E-state index contributed by atoms with van der Waals surface area (Å²) in [7, 11) is -1.80. The maximum absolute atomic E-state index is 11.6. The highest BCUT2D eigenvalue weighted by Gasteiger charge is 2.18. The molecule has 0 atom stereocenters. The maximum Gasteiger partial charge on any atom is 0.211 e. The molecular weight excluding hydrogens is 264 g/mol. The van der Waals surface area contributed by atoms with E-state index in [1.54, 1.807) is 6.92 Å². The number of nitrogens with zero attached hydrogens (tertiary/aromatic N) is 2. The smallest absolute Gasteiger partial charge is 0.211 e. The first kappa shape index (κ1) is 15.7. The highest BCUT2D eigenvalue weighted by Crippen LogP contribution is 2.08. The average molecular weight is 284 g/mol. The minimum absolute atomic E-state index is 0.201. The minimum atomic E-state index is -3.25. The topological polar surface area (TPSA) is 59.0 Å². The van der Waals surface area contributed by atoms with E-state index in [9.17, 15) is 8.42 Å². The molecule has 0 bridgehead atoms. The van der Waals surface area contributed by atoms with Crippen LogP contribution >= 0.6 is 0 Å². The fourth-order valence-electron chi connectivity index (χ4n) is 1.66. The number of aryl methyl sites for hydroxylation is 1. The maximum atomic E-state index is 11.6. The fraction of sp³-hybridized carbons (Fsp3) is 0.462. The molecule has 0 aliphatic carbocycles. The zero-order chi connectivity index (χ0) is 14.5. The molecular formula is C13H20N2O3S. The van der Waals surface area contributed by atoms with Gasteiger partial charge in [0, 0.05) is 12.1 Å². The largest absolute Gasteiger partial charge is 0.399 e. The molecule has 0 saturated heterocycles. The van der Waals surface area contributed by atoms with Crippen LogP contribution in [0.3, 0.4) is 0 Å². The van der Waals surface area contributed by atoms with Gasteiger partial charge in [-0.3, -0.25) is 0 Å². The van der Waals surface area contributed by atoms with Gasteiger partial charge in [-0.25, -0.2) is 8.42 Å². The monoisotopic (exact) mass is 284 g/mol. The summed E-state index contributed by atoms with van der Waals surface area (Å²) >= 11 is 0. The molecule has 0 aromatic heterocycles. The predicted molar refractivity (Wildman–Crippen MR) is 76.8 cm³/mol. The average Bonchev–Trinajstić information content (AvgIpc) is 2.34. The van der Waals surface area contributed by atoms with Crippen molar-refractivity contribution in [2.75, 3.05) is 26.5 Å². The summed E-state index contributed by atoms with van der Waals surface area (Å²) in [6, 6.07) is 7.72. The van der Waals surface area contributed by atoms with E-state index >= 15 is 0 Å². The van der Waals surface area contributed by atoms with Crippen LogP contribution in [0.1, 0.15) is 18.1 Å². The SMILES string of the molecule is CCN(CC(=NOC)c1ccc(C)cc1)S(C)(=O)=O. The number of sulfonamides is 1. The third-order valence-electron chi connectivity index (χ3n) is 2.73. The van der Waals surface area contributed by atoms with Crippen LogP contribution in [0.15, 0.2) is 29.4 Å². The first-order valence-electron chi connectivity index (χ1n) is 6.00. The zero-order valence-electron chi connectivity index (χ0n) is 11.8. The lowest BCUT2D eigenvalue weighted by atomic mass is 10.1. The van der Waals surface area contributed by atoms with Gasteiger partial charge in [0.2, 0.25) is 10.0 Å². The van der Waals surface area contributed by atoms with Crippen molar-refractivity contribution in [3.63, 3.8) is 0 Å². The van der Waals surface area contributed by atoms with Crippen molar-refractivity contribution in [2.45, 2.75) is 13.8 Å². The van der Waals surface area contributed by atoms with Crippen molar-refractivity contribution in [1.29, 1.82) is 0 Å². The van der Waals surface area contributed by atoms with Crippen molar-refractivity contribution < 1.29 is 13.3 Å². The van der Waals surface area contributed by atoms with Gasteiger partial charge in [-0.1, -0.05) is 41.9 Å². The number of hydrogen-bond donors (Lipinski definition) is 0. The quantitative estimate of drug-likeness (QED) is 0.589. The molecule has 0 aliphatic heterocycles. The molecule has 0 heterocycles. The lowest BCUT2D eigenvalue weighted by molar-refractivity contribution is 0.212. The third-order valence-corrected chi connectivity index (χ3v) is 4.06. The Morgan fingerprint density at radius 1 is 1.32 bits per heavy atom. The summed E-state index contributed by atoms with van der Waals surface area (Å²) in [4.78, 5) is 4.81. The summed E-state index contributed by atoms with van der Waals surface area (Å²) in [5, 5.41) is 3.94. The normalized spacial score (nSPS) is 12.8. The van der Waals surface area contributed by atoms with E-state index in [0.29, 0.717) is 12.3 Å². The lowest BCUT2D eigenvalue weighted by Gasteiger charge is -2.18. The molecule has 0 saturated carbocycles. The van der Waals surface area contributed by atoms with E-state index < -0.39 is 10.0 Å². The minimum Gasteiger partial charge on any atom is -0.399 e. The van der Waals surface area contributed by atoms with Crippen molar-refractivity contribution in [2.24, 2.45) is 5.16 Å². The fourth-order valence-corrected chi connectivity index (χ4v) is 2.49. The van der Waals surface area contributed by atoms with Gasteiger partial charge in [0.15, 0.2) is 0 Å². The molecule has 5 nitrogen and oxygen atoms in total. The van der Waals surface area contributed by atoms with E-state index in [1.807, 2.05) is 31.2 Å². The van der Waals surface area contributed by atoms with Crippen LogP contribution in [0.2, 0.25) is 0 Å². The molecule has 0 spiro atoms. The van der Waals surface area contributed by atoms with Crippen LogP contribution in [0.4, 0.5) is 0 Å². The van der Waals surface area contributed by atoms with Gasteiger partial charge in [0.25, 0.3) is 0 Å². The number of hydrogen-bond acceptors (Lipinski definition) is 4. The molecule has 0 amide bonds. The van der Waals surface area contributed by atoms with E-state index in [1.165, 1.54) is 17.7 Å². The third kappa shape index (κ3) is 4.65. The van der Waals surface area contributed by atoms with Crippen molar-refractivity contribution >= 4 is 15.7 Å². The van der Waals surface area contributed by atoms with Gasteiger partial charge in [-0.15, -0.1) is 0 Å². The first-order valence-corrected chi connectivity index (χ1v) is 7.85. The number of likely N-dealkylation sites (N-methyl/N-ethyl adjacent to an activating group) is 1. The Morgan fingerprint density at radius 2 is 1.89 bits per heavy atom. The van der Waals surface area contributed by atoms with Gasteiger partial charge in [0.05, 0.1) is 12.8 Å². The molecule has 0 fully saturated rings. The standard InChI is InChI=1S/C13H20N2O3S/c1-5-15(19(4,16)17)10-13(14-18-3)12-8-6-11(2)7-9-12/h6-9H,5,10H2,1-4H3. The lowest BCUT2D eigenvalue weighted by Crippen LogP contribution is -2.35. The van der Waals surface area contributed by atoms with E-state index in [-0.39, 0.29) is 6.54 Å². The summed E-state index contributed by atoms with van der Waals surface area (Å²) in [6.07, 6.45) is 1.19. The highest BCUT2D eigenvalue weighted by molar-refractivity contribution is 7.88. The Balaban J connectivity index is 3.03. The molecule has 0 unspecified atom stereocenters. The van der Waals surface area contributed by atoms with Crippen LogP contribution in [-0.4, -0.2) is 44.9 Å².